The quantitative estimate of drug-likeness (QED) is 0.706. The zero-order valence-electron chi connectivity index (χ0n) is 13.8. The van der Waals surface area contributed by atoms with Gasteiger partial charge >= 0.3 is 0 Å². The molecule has 130 valence electrons. The minimum absolute atomic E-state index is 0.314. The second-order valence-corrected chi connectivity index (χ2v) is 8.95. The third-order valence-corrected chi connectivity index (χ3v) is 7.31. The Labute approximate surface area is 150 Å². The molecule has 1 aliphatic rings. The van der Waals surface area contributed by atoms with Crippen LogP contribution in [0.1, 0.15) is 5.56 Å². The molecule has 3 aromatic rings. The molecule has 0 bridgehead atoms. The van der Waals surface area contributed by atoms with Crippen molar-refractivity contribution in [3.8, 4) is 10.6 Å². The van der Waals surface area contributed by atoms with E-state index in [1.165, 1.54) is 4.31 Å². The van der Waals surface area contributed by atoms with Gasteiger partial charge in [-0.2, -0.15) is 4.31 Å². The third kappa shape index (κ3) is 3.08. The summed E-state index contributed by atoms with van der Waals surface area (Å²) >= 11 is 1.58. The van der Waals surface area contributed by atoms with Crippen LogP contribution >= 0.6 is 11.3 Å². The first-order valence-electron chi connectivity index (χ1n) is 8.10. The molecular weight excluding hydrogens is 356 g/mol. The summed E-state index contributed by atoms with van der Waals surface area (Å²) in [6, 6.07) is 13.2. The molecule has 0 atom stereocenters. The summed E-state index contributed by atoms with van der Waals surface area (Å²) in [6.07, 6.45) is 0. The first kappa shape index (κ1) is 16.7. The Morgan fingerprint density at radius 3 is 2.64 bits per heavy atom. The van der Waals surface area contributed by atoms with E-state index in [1.54, 1.807) is 23.5 Å². The van der Waals surface area contributed by atoms with Crippen molar-refractivity contribution in [1.29, 1.82) is 0 Å². The van der Waals surface area contributed by atoms with Crippen LogP contribution in [0.15, 0.2) is 47.4 Å². The molecular formula is C18H18N2O3S2. The lowest BCUT2D eigenvalue weighted by molar-refractivity contribution is 0.0730. The van der Waals surface area contributed by atoms with Crippen LogP contribution in [0.5, 0.6) is 0 Å². The summed E-state index contributed by atoms with van der Waals surface area (Å²) in [4.78, 5) is 4.98. The Morgan fingerprint density at radius 1 is 1.12 bits per heavy atom. The van der Waals surface area contributed by atoms with Crippen LogP contribution in [-0.4, -0.2) is 44.0 Å². The molecule has 7 heteroatoms. The molecule has 2 aromatic carbocycles. The van der Waals surface area contributed by atoms with Gasteiger partial charge in [-0.3, -0.25) is 0 Å². The Bertz CT molecular complexity index is 989. The fraction of sp³-hybridized carbons (Fsp3) is 0.278. The lowest BCUT2D eigenvalue weighted by atomic mass is 10.1. The molecule has 0 aliphatic carbocycles. The molecule has 4 rings (SSSR count). The average molecular weight is 374 g/mol. The van der Waals surface area contributed by atoms with Crippen molar-refractivity contribution in [2.75, 3.05) is 26.3 Å². The van der Waals surface area contributed by atoms with E-state index in [0.717, 1.165) is 26.4 Å². The average Bonchev–Trinajstić information content (AvgIpc) is 3.06. The number of hydrogen-bond acceptors (Lipinski definition) is 5. The smallest absolute Gasteiger partial charge is 0.243 e. The first-order chi connectivity index (χ1) is 12.1. The van der Waals surface area contributed by atoms with Gasteiger partial charge in [0.2, 0.25) is 10.0 Å². The van der Waals surface area contributed by atoms with Gasteiger partial charge in [-0.25, -0.2) is 13.4 Å². The number of para-hydroxylation sites is 1. The number of aromatic nitrogens is 1. The van der Waals surface area contributed by atoms with Gasteiger partial charge in [-0.1, -0.05) is 18.2 Å². The van der Waals surface area contributed by atoms with Gasteiger partial charge in [-0.15, -0.1) is 11.3 Å². The lowest BCUT2D eigenvalue weighted by Crippen LogP contribution is -2.40. The zero-order valence-corrected chi connectivity index (χ0v) is 15.4. The number of benzene rings is 2. The number of hydrogen-bond donors (Lipinski definition) is 0. The fourth-order valence-corrected chi connectivity index (χ4v) is 5.40. The summed E-state index contributed by atoms with van der Waals surface area (Å²) in [5, 5.41) is 0.845. The van der Waals surface area contributed by atoms with E-state index in [4.69, 9.17) is 4.74 Å². The highest BCUT2D eigenvalue weighted by molar-refractivity contribution is 7.89. The van der Waals surface area contributed by atoms with Crippen molar-refractivity contribution >= 4 is 31.6 Å². The zero-order chi connectivity index (χ0) is 17.4. The molecule has 1 fully saturated rings. The monoisotopic (exact) mass is 374 g/mol. The van der Waals surface area contributed by atoms with Crippen LogP contribution < -0.4 is 0 Å². The van der Waals surface area contributed by atoms with E-state index < -0.39 is 10.0 Å². The first-order valence-corrected chi connectivity index (χ1v) is 10.4. The van der Waals surface area contributed by atoms with Crippen LogP contribution in [0.4, 0.5) is 0 Å². The minimum atomic E-state index is -3.51. The summed E-state index contributed by atoms with van der Waals surface area (Å²) in [5.74, 6) is 0. The summed E-state index contributed by atoms with van der Waals surface area (Å²) < 4.78 is 33.7. The highest BCUT2D eigenvalue weighted by atomic mass is 32.2. The molecule has 1 saturated heterocycles. The standard InChI is InChI=1S/C18H18N2O3S2/c1-13-6-7-14(25(21,22)20-8-10-23-11-9-20)12-15(13)18-19-16-4-2-3-5-17(16)24-18/h2-7,12H,8-11H2,1H3. The second-order valence-electron chi connectivity index (χ2n) is 5.98. The number of ether oxygens (including phenoxy) is 1. The van der Waals surface area contributed by atoms with E-state index in [9.17, 15) is 8.42 Å². The SMILES string of the molecule is Cc1ccc(S(=O)(=O)N2CCOCC2)cc1-c1nc2ccccc2s1. The van der Waals surface area contributed by atoms with Gasteiger partial charge in [-0.05, 0) is 36.8 Å². The van der Waals surface area contributed by atoms with Gasteiger partial charge in [0, 0.05) is 18.7 Å². The summed E-state index contributed by atoms with van der Waals surface area (Å²) in [7, 11) is -3.51. The highest BCUT2D eigenvalue weighted by Crippen LogP contribution is 2.33. The number of aryl methyl sites for hydroxylation is 1. The van der Waals surface area contributed by atoms with Crippen molar-refractivity contribution in [3.05, 3.63) is 48.0 Å². The Balaban J connectivity index is 1.78. The van der Waals surface area contributed by atoms with Crippen molar-refractivity contribution in [2.24, 2.45) is 0 Å². The molecule has 0 amide bonds. The molecule has 1 aromatic heterocycles. The van der Waals surface area contributed by atoms with E-state index in [0.29, 0.717) is 31.2 Å². The van der Waals surface area contributed by atoms with Crippen LogP contribution in [0, 0.1) is 6.92 Å². The van der Waals surface area contributed by atoms with Gasteiger partial charge in [0.05, 0.1) is 28.3 Å². The molecule has 0 spiro atoms. The van der Waals surface area contributed by atoms with Crippen molar-refractivity contribution < 1.29 is 13.2 Å². The molecule has 0 radical (unpaired) electrons. The molecule has 0 N–H and O–H groups in total. The number of sulfonamides is 1. The van der Waals surface area contributed by atoms with Gasteiger partial charge in [0.1, 0.15) is 5.01 Å². The normalized spacial score (nSPS) is 16.4. The van der Waals surface area contributed by atoms with Crippen molar-refractivity contribution in [2.45, 2.75) is 11.8 Å². The number of rotatable bonds is 3. The van der Waals surface area contributed by atoms with Crippen LogP contribution in [0.3, 0.4) is 0 Å². The maximum Gasteiger partial charge on any atom is 0.243 e. The fourth-order valence-electron chi connectivity index (χ4n) is 2.92. The number of nitrogens with zero attached hydrogens (tertiary/aromatic N) is 2. The molecule has 2 heterocycles. The lowest BCUT2D eigenvalue weighted by Gasteiger charge is -2.26. The van der Waals surface area contributed by atoms with E-state index in [-0.39, 0.29) is 0 Å². The topological polar surface area (TPSA) is 59.5 Å². The molecule has 0 saturated carbocycles. The Kier molecular flexibility index (Phi) is 4.33. The van der Waals surface area contributed by atoms with Gasteiger partial charge in [0.15, 0.2) is 0 Å². The minimum Gasteiger partial charge on any atom is -0.379 e. The number of morpholine rings is 1. The van der Waals surface area contributed by atoms with Crippen molar-refractivity contribution in [1.82, 2.24) is 9.29 Å². The molecule has 1 aliphatic heterocycles. The van der Waals surface area contributed by atoms with Gasteiger partial charge < -0.3 is 4.74 Å². The van der Waals surface area contributed by atoms with E-state index in [2.05, 4.69) is 4.98 Å². The molecule has 0 unspecified atom stereocenters. The number of fused-ring (bicyclic) bond motifs is 1. The molecule has 25 heavy (non-hydrogen) atoms. The van der Waals surface area contributed by atoms with Crippen LogP contribution in [0.25, 0.3) is 20.8 Å². The maximum atomic E-state index is 12.9. The molecule has 5 nitrogen and oxygen atoms in total. The summed E-state index contributed by atoms with van der Waals surface area (Å²) in [5.41, 5.74) is 2.82. The van der Waals surface area contributed by atoms with Gasteiger partial charge in [0.25, 0.3) is 0 Å². The number of thiazole rings is 1. The largest absolute Gasteiger partial charge is 0.379 e. The summed E-state index contributed by atoms with van der Waals surface area (Å²) in [6.45, 7) is 3.65. The third-order valence-electron chi connectivity index (χ3n) is 4.34. The second kappa shape index (κ2) is 6.49. The maximum absolute atomic E-state index is 12.9. The predicted octanol–water partition coefficient (Wildman–Crippen LogP) is 3.29. The van der Waals surface area contributed by atoms with E-state index in [1.807, 2.05) is 37.3 Å². The van der Waals surface area contributed by atoms with E-state index >= 15 is 0 Å². The highest BCUT2D eigenvalue weighted by Gasteiger charge is 2.27. The Morgan fingerprint density at radius 2 is 1.88 bits per heavy atom. The Hall–Kier alpha value is -1.80. The van der Waals surface area contributed by atoms with Crippen molar-refractivity contribution in [3.63, 3.8) is 0 Å². The van der Waals surface area contributed by atoms with Crippen LogP contribution in [-0.2, 0) is 14.8 Å². The van der Waals surface area contributed by atoms with Crippen LogP contribution in [0.2, 0.25) is 0 Å². The predicted molar refractivity (Wildman–Crippen MR) is 99.4 cm³/mol.